The van der Waals surface area contributed by atoms with E-state index in [1.807, 2.05) is 54.0 Å². The van der Waals surface area contributed by atoms with Crippen molar-refractivity contribution in [3.05, 3.63) is 107 Å². The number of carbonyl (C=O) groups is 1. The summed E-state index contributed by atoms with van der Waals surface area (Å²) < 4.78 is 29.2. The van der Waals surface area contributed by atoms with Gasteiger partial charge in [0.2, 0.25) is 0 Å². The molecule has 0 spiro atoms. The zero-order chi connectivity index (χ0) is 25.0. The molecule has 3 aromatic heterocycles. The molecule has 2 N–H and O–H groups in total. The van der Waals surface area contributed by atoms with Gasteiger partial charge in [-0.25, -0.2) is 18.5 Å². The van der Waals surface area contributed by atoms with E-state index in [-0.39, 0.29) is 4.21 Å². The maximum Gasteiger partial charge on any atom is 0.271 e. The Kier molecular flexibility index (Phi) is 6.76. The van der Waals surface area contributed by atoms with Crippen LogP contribution in [-0.4, -0.2) is 30.3 Å². The highest BCUT2D eigenvalue weighted by Gasteiger charge is 2.16. The van der Waals surface area contributed by atoms with Crippen molar-refractivity contribution in [1.29, 1.82) is 0 Å². The lowest BCUT2D eigenvalue weighted by atomic mass is 10.2. The Morgan fingerprint density at radius 3 is 2.36 bits per heavy atom. The third kappa shape index (κ3) is 5.28. The van der Waals surface area contributed by atoms with Crippen molar-refractivity contribution < 1.29 is 13.2 Å². The van der Waals surface area contributed by atoms with Crippen molar-refractivity contribution in [3.63, 3.8) is 0 Å². The zero-order valence-electron chi connectivity index (χ0n) is 18.6. The molecular weight excluding hydrogens is 515 g/mol. The molecule has 0 bridgehead atoms. The van der Waals surface area contributed by atoms with Gasteiger partial charge in [0.15, 0.2) is 0 Å². The van der Waals surface area contributed by atoms with E-state index in [1.165, 1.54) is 30.3 Å². The molecule has 2 aromatic carbocycles. The van der Waals surface area contributed by atoms with Crippen LogP contribution in [0.4, 0.5) is 5.69 Å². The Hall–Kier alpha value is -4.06. The first-order chi connectivity index (χ1) is 17.5. The molecule has 5 aromatic rings. The number of rotatable bonds is 8. The lowest BCUT2D eigenvalue weighted by Crippen LogP contribution is -2.17. The zero-order valence-corrected chi connectivity index (χ0v) is 21.1. The SMILES string of the molecule is O=C(NN=Cc1cn(-c2ccccc2)nc1-c1cccs1)c1ccc(NS(=O)(=O)c2cccs2)cc1. The van der Waals surface area contributed by atoms with Gasteiger partial charge in [-0.3, -0.25) is 9.52 Å². The normalized spacial score (nSPS) is 11.6. The molecule has 0 atom stereocenters. The predicted molar refractivity (Wildman–Crippen MR) is 144 cm³/mol. The monoisotopic (exact) mass is 533 g/mol. The summed E-state index contributed by atoms with van der Waals surface area (Å²) in [6, 6.07) is 23.0. The van der Waals surface area contributed by atoms with Gasteiger partial charge in [-0.2, -0.15) is 10.2 Å². The molecule has 0 aliphatic rings. The highest BCUT2D eigenvalue weighted by atomic mass is 32.2. The first-order valence-corrected chi connectivity index (χ1v) is 13.9. The Morgan fingerprint density at radius 1 is 0.917 bits per heavy atom. The summed E-state index contributed by atoms with van der Waals surface area (Å²) in [7, 11) is -3.65. The van der Waals surface area contributed by atoms with Crippen LogP contribution in [0.1, 0.15) is 15.9 Å². The fourth-order valence-electron chi connectivity index (χ4n) is 3.34. The molecule has 0 aliphatic carbocycles. The number of thiophene rings is 2. The smallest absolute Gasteiger partial charge is 0.271 e. The van der Waals surface area contributed by atoms with Crippen molar-refractivity contribution in [2.45, 2.75) is 4.21 Å². The molecule has 36 heavy (non-hydrogen) atoms. The lowest BCUT2D eigenvalue weighted by molar-refractivity contribution is 0.0955. The van der Waals surface area contributed by atoms with Gasteiger partial charge in [0.25, 0.3) is 15.9 Å². The van der Waals surface area contributed by atoms with Gasteiger partial charge in [-0.15, -0.1) is 22.7 Å². The van der Waals surface area contributed by atoms with Crippen molar-refractivity contribution >= 4 is 50.5 Å². The van der Waals surface area contributed by atoms with Crippen LogP contribution in [0.5, 0.6) is 0 Å². The van der Waals surface area contributed by atoms with Gasteiger partial charge in [-0.1, -0.05) is 30.3 Å². The first kappa shape index (κ1) is 23.7. The van der Waals surface area contributed by atoms with Crippen LogP contribution in [0.3, 0.4) is 0 Å². The van der Waals surface area contributed by atoms with E-state index in [2.05, 4.69) is 15.2 Å². The number of aromatic nitrogens is 2. The summed E-state index contributed by atoms with van der Waals surface area (Å²) >= 11 is 2.70. The largest absolute Gasteiger partial charge is 0.279 e. The van der Waals surface area contributed by atoms with E-state index in [0.717, 1.165) is 33.2 Å². The number of sulfonamides is 1. The van der Waals surface area contributed by atoms with Crippen LogP contribution in [-0.2, 0) is 10.0 Å². The Morgan fingerprint density at radius 2 is 1.67 bits per heavy atom. The van der Waals surface area contributed by atoms with E-state index in [1.54, 1.807) is 33.7 Å². The Bertz CT molecular complexity index is 1590. The number of hydrogen-bond donors (Lipinski definition) is 2. The summed E-state index contributed by atoms with van der Waals surface area (Å²) in [5, 5.41) is 12.5. The molecule has 0 unspecified atom stereocenters. The van der Waals surface area contributed by atoms with Crippen LogP contribution in [0.15, 0.2) is 105 Å². The number of benzene rings is 2. The summed E-state index contributed by atoms with van der Waals surface area (Å²) in [5.41, 5.74) is 5.63. The number of hydrazone groups is 1. The molecule has 0 saturated carbocycles. The third-order valence-corrected chi connectivity index (χ3v) is 8.70. The average molecular weight is 534 g/mol. The van der Waals surface area contributed by atoms with Crippen molar-refractivity contribution in [3.8, 4) is 16.3 Å². The standard InChI is InChI=1S/C25H19N5O3S3/c31-25(18-10-12-20(13-11-18)29-36(32,33)23-9-5-15-35-23)27-26-16-19-17-30(21-6-2-1-3-7-21)28-24(19)22-8-4-14-34-22/h1-17,29H,(H,27,31). The van der Waals surface area contributed by atoms with Crippen LogP contribution < -0.4 is 10.1 Å². The minimum Gasteiger partial charge on any atom is -0.279 e. The minimum absolute atomic E-state index is 0.219. The molecule has 0 saturated heterocycles. The van der Waals surface area contributed by atoms with Gasteiger partial charge in [0, 0.05) is 23.0 Å². The lowest BCUT2D eigenvalue weighted by Gasteiger charge is -2.07. The van der Waals surface area contributed by atoms with Crippen molar-refractivity contribution in [1.82, 2.24) is 15.2 Å². The molecular formula is C25H19N5O3S3. The highest BCUT2D eigenvalue weighted by Crippen LogP contribution is 2.27. The summed E-state index contributed by atoms with van der Waals surface area (Å²) in [6.07, 6.45) is 3.41. The molecule has 0 aliphatic heterocycles. The third-order valence-electron chi connectivity index (χ3n) is 5.05. The molecule has 180 valence electrons. The van der Waals surface area contributed by atoms with Crippen LogP contribution in [0, 0.1) is 0 Å². The molecule has 11 heteroatoms. The maximum absolute atomic E-state index is 12.6. The molecule has 0 radical (unpaired) electrons. The van der Waals surface area contributed by atoms with E-state index in [4.69, 9.17) is 5.10 Å². The van der Waals surface area contributed by atoms with Crippen molar-refractivity contribution in [2.75, 3.05) is 4.72 Å². The average Bonchev–Trinajstić information content (AvgIpc) is 3.67. The second-order valence-electron chi connectivity index (χ2n) is 7.50. The van der Waals surface area contributed by atoms with Crippen LogP contribution in [0.25, 0.3) is 16.3 Å². The fraction of sp³-hybridized carbons (Fsp3) is 0. The topological polar surface area (TPSA) is 105 Å². The maximum atomic E-state index is 12.6. The van der Waals surface area contributed by atoms with E-state index >= 15 is 0 Å². The summed E-state index contributed by atoms with van der Waals surface area (Å²) in [4.78, 5) is 13.6. The van der Waals surface area contributed by atoms with Crippen LogP contribution >= 0.6 is 22.7 Å². The van der Waals surface area contributed by atoms with Gasteiger partial charge < -0.3 is 0 Å². The highest BCUT2D eigenvalue weighted by molar-refractivity contribution is 7.94. The Labute approximate surface area is 215 Å². The van der Waals surface area contributed by atoms with E-state index < -0.39 is 15.9 Å². The number of nitrogens with zero attached hydrogens (tertiary/aromatic N) is 3. The van der Waals surface area contributed by atoms with E-state index in [0.29, 0.717) is 11.3 Å². The number of hydrogen-bond acceptors (Lipinski definition) is 7. The Balaban J connectivity index is 1.29. The number of nitrogens with one attached hydrogen (secondary N) is 2. The second kappa shape index (κ2) is 10.3. The van der Waals surface area contributed by atoms with Gasteiger partial charge in [0.05, 0.1) is 16.8 Å². The first-order valence-electron chi connectivity index (χ1n) is 10.7. The quantitative estimate of drug-likeness (QED) is 0.211. The van der Waals surface area contributed by atoms with Gasteiger partial charge in [-0.05, 0) is 59.3 Å². The second-order valence-corrected chi connectivity index (χ2v) is 11.3. The van der Waals surface area contributed by atoms with Crippen LogP contribution in [0.2, 0.25) is 0 Å². The van der Waals surface area contributed by atoms with Crippen molar-refractivity contribution in [2.24, 2.45) is 5.10 Å². The van der Waals surface area contributed by atoms with Gasteiger partial charge in [0.1, 0.15) is 9.90 Å². The molecule has 1 amide bonds. The summed E-state index contributed by atoms with van der Waals surface area (Å²) in [6.45, 7) is 0. The predicted octanol–water partition coefficient (Wildman–Crippen LogP) is 5.23. The number of carbonyl (C=O) groups excluding carboxylic acids is 1. The summed E-state index contributed by atoms with van der Waals surface area (Å²) in [5.74, 6) is -0.424. The van der Waals surface area contributed by atoms with E-state index in [9.17, 15) is 13.2 Å². The number of para-hydroxylation sites is 1. The molecule has 5 rings (SSSR count). The fourth-order valence-corrected chi connectivity index (χ4v) is 6.12. The minimum atomic E-state index is -3.65. The number of amides is 1. The van der Waals surface area contributed by atoms with Gasteiger partial charge >= 0.3 is 0 Å². The molecule has 8 nitrogen and oxygen atoms in total. The number of anilines is 1. The molecule has 0 fully saturated rings. The molecule has 3 heterocycles.